The smallest absolute Gasteiger partial charge is 0.270 e. The van der Waals surface area contributed by atoms with Crippen molar-refractivity contribution in [1.29, 1.82) is 0 Å². The van der Waals surface area contributed by atoms with Gasteiger partial charge in [-0.05, 0) is 61.4 Å². The first-order chi connectivity index (χ1) is 15.4. The highest BCUT2D eigenvalue weighted by Crippen LogP contribution is 2.56. The van der Waals surface area contributed by atoms with E-state index in [4.69, 9.17) is 0 Å². The topological polar surface area (TPSA) is 118 Å². The minimum absolute atomic E-state index is 0.0264. The minimum atomic E-state index is -0.652. The molecule has 2 bridgehead atoms. The number of non-ortho nitro benzene ring substituents is 1. The lowest BCUT2D eigenvalue weighted by molar-refractivity contribution is -0.384. The Morgan fingerprint density at radius 1 is 0.750 bits per heavy atom. The van der Waals surface area contributed by atoms with Crippen molar-refractivity contribution in [3.63, 3.8) is 0 Å². The quantitative estimate of drug-likeness (QED) is 0.419. The number of hydrogen-bond donors (Lipinski definition) is 0. The van der Waals surface area contributed by atoms with Crippen LogP contribution in [0.5, 0.6) is 0 Å². The molecule has 6 rings (SSSR count). The fourth-order valence-electron chi connectivity index (χ4n) is 5.99. The zero-order valence-electron chi connectivity index (χ0n) is 16.8. The molecule has 9 heteroatoms. The van der Waals surface area contributed by atoms with E-state index in [0.29, 0.717) is 5.69 Å². The minimum Gasteiger partial charge on any atom is -0.274 e. The number of fused-ring (bicyclic) bond motifs is 6. The van der Waals surface area contributed by atoms with Gasteiger partial charge < -0.3 is 0 Å². The van der Waals surface area contributed by atoms with Crippen LogP contribution < -0.4 is 9.80 Å². The third-order valence-corrected chi connectivity index (χ3v) is 7.37. The molecular formula is C23H17N3O6. The summed E-state index contributed by atoms with van der Waals surface area (Å²) in [6.07, 6.45) is 2.95. The predicted molar refractivity (Wildman–Crippen MR) is 111 cm³/mol. The van der Waals surface area contributed by atoms with Gasteiger partial charge in [0.25, 0.3) is 17.5 Å². The van der Waals surface area contributed by atoms with E-state index in [9.17, 15) is 29.3 Å². The van der Waals surface area contributed by atoms with Crippen molar-refractivity contribution in [1.82, 2.24) is 0 Å². The number of carbonyl (C=O) groups excluding carboxylic acids is 4. The van der Waals surface area contributed by atoms with Gasteiger partial charge in [-0.3, -0.25) is 34.2 Å². The molecule has 4 unspecified atom stereocenters. The molecule has 0 aromatic heterocycles. The van der Waals surface area contributed by atoms with Gasteiger partial charge in [-0.25, -0.2) is 4.90 Å². The second kappa shape index (κ2) is 6.32. The summed E-state index contributed by atoms with van der Waals surface area (Å²) in [6, 6.07) is 9.68. The first kappa shape index (κ1) is 18.9. The number of nitro groups is 1. The lowest BCUT2D eigenvalue weighted by Crippen LogP contribution is -2.33. The van der Waals surface area contributed by atoms with E-state index in [1.165, 1.54) is 29.2 Å². The van der Waals surface area contributed by atoms with Crippen LogP contribution in [-0.4, -0.2) is 28.6 Å². The summed E-state index contributed by atoms with van der Waals surface area (Å²) in [4.78, 5) is 64.1. The molecule has 2 heterocycles. The highest BCUT2D eigenvalue weighted by Gasteiger charge is 2.61. The van der Waals surface area contributed by atoms with Gasteiger partial charge in [0, 0.05) is 12.1 Å². The van der Waals surface area contributed by atoms with Crippen molar-refractivity contribution in [3.05, 3.63) is 63.7 Å². The van der Waals surface area contributed by atoms with Gasteiger partial charge in [0.15, 0.2) is 0 Å². The molecule has 2 aromatic rings. The molecule has 32 heavy (non-hydrogen) atoms. The second-order valence-electron chi connectivity index (χ2n) is 8.85. The van der Waals surface area contributed by atoms with Crippen LogP contribution in [0.2, 0.25) is 0 Å². The molecule has 1 saturated heterocycles. The molecule has 3 fully saturated rings. The van der Waals surface area contributed by atoms with Gasteiger partial charge in [-0.15, -0.1) is 0 Å². The maximum atomic E-state index is 13.0. The average molecular weight is 431 g/mol. The largest absolute Gasteiger partial charge is 0.274 e. The molecule has 4 atom stereocenters. The molecule has 2 saturated carbocycles. The van der Waals surface area contributed by atoms with Gasteiger partial charge in [0.05, 0.1) is 39.3 Å². The number of imide groups is 2. The monoisotopic (exact) mass is 431 g/mol. The van der Waals surface area contributed by atoms with Crippen LogP contribution >= 0.6 is 0 Å². The lowest BCUT2D eigenvalue weighted by atomic mass is 9.81. The molecular weight excluding hydrogens is 414 g/mol. The van der Waals surface area contributed by atoms with E-state index in [0.717, 1.165) is 30.2 Å². The molecule has 0 spiro atoms. The van der Waals surface area contributed by atoms with Crippen LogP contribution in [0.1, 0.15) is 40.0 Å². The van der Waals surface area contributed by atoms with Crippen molar-refractivity contribution < 1.29 is 24.1 Å². The van der Waals surface area contributed by atoms with Crippen molar-refractivity contribution in [2.45, 2.75) is 19.3 Å². The van der Waals surface area contributed by atoms with Crippen molar-refractivity contribution in [2.75, 3.05) is 9.80 Å². The van der Waals surface area contributed by atoms with Crippen molar-refractivity contribution in [3.8, 4) is 0 Å². The van der Waals surface area contributed by atoms with Gasteiger partial charge in [0.2, 0.25) is 11.8 Å². The van der Waals surface area contributed by atoms with Crippen LogP contribution in [0.15, 0.2) is 42.5 Å². The Hall–Kier alpha value is -3.88. The van der Waals surface area contributed by atoms with Gasteiger partial charge >= 0.3 is 0 Å². The number of nitro benzene ring substituents is 1. The van der Waals surface area contributed by atoms with Crippen LogP contribution in [0.3, 0.4) is 0 Å². The molecule has 2 aromatic carbocycles. The Kier molecular flexibility index (Phi) is 3.72. The maximum Gasteiger partial charge on any atom is 0.270 e. The van der Waals surface area contributed by atoms with Gasteiger partial charge in [-0.2, -0.15) is 0 Å². The van der Waals surface area contributed by atoms with Crippen LogP contribution in [0.4, 0.5) is 17.1 Å². The Morgan fingerprint density at radius 3 is 1.84 bits per heavy atom. The predicted octanol–water partition coefficient (Wildman–Crippen LogP) is 2.93. The second-order valence-corrected chi connectivity index (χ2v) is 8.85. The third-order valence-electron chi connectivity index (χ3n) is 7.37. The Balaban J connectivity index is 1.29. The van der Waals surface area contributed by atoms with E-state index in [1.807, 2.05) is 0 Å². The normalized spacial score (nSPS) is 28.0. The molecule has 9 nitrogen and oxygen atoms in total. The number of benzene rings is 2. The Labute approximate surface area is 181 Å². The van der Waals surface area contributed by atoms with E-state index in [1.54, 1.807) is 12.1 Å². The summed E-state index contributed by atoms with van der Waals surface area (Å²) in [5.41, 5.74) is 0.485. The summed E-state index contributed by atoms with van der Waals surface area (Å²) in [5.74, 6) is -1.43. The summed E-state index contributed by atoms with van der Waals surface area (Å²) >= 11 is 0. The molecule has 4 aliphatic rings. The van der Waals surface area contributed by atoms with E-state index < -0.39 is 16.7 Å². The molecule has 2 aliphatic heterocycles. The number of rotatable bonds is 3. The van der Waals surface area contributed by atoms with Crippen LogP contribution in [0, 0.1) is 33.8 Å². The molecule has 0 N–H and O–H groups in total. The van der Waals surface area contributed by atoms with Gasteiger partial charge in [0.1, 0.15) is 0 Å². The maximum absolute atomic E-state index is 13.0. The number of amides is 4. The SMILES string of the molecule is O=C1c2ccc([N+](=O)[O-])cc2C(=O)N1c1ccc(N2C(=O)C3C4CCC(C4)C3C2=O)cc1. The van der Waals surface area contributed by atoms with E-state index in [2.05, 4.69) is 0 Å². The fourth-order valence-corrected chi connectivity index (χ4v) is 5.99. The van der Waals surface area contributed by atoms with E-state index in [-0.39, 0.29) is 58.0 Å². The molecule has 0 radical (unpaired) electrons. The number of nitrogens with zero attached hydrogens (tertiary/aromatic N) is 3. The molecule has 4 amide bonds. The highest BCUT2D eigenvalue weighted by molar-refractivity contribution is 6.34. The first-order valence-corrected chi connectivity index (χ1v) is 10.5. The summed E-state index contributed by atoms with van der Waals surface area (Å²) < 4.78 is 0. The number of carbonyl (C=O) groups is 4. The van der Waals surface area contributed by atoms with Crippen molar-refractivity contribution in [2.24, 2.45) is 23.7 Å². The summed E-state index contributed by atoms with van der Waals surface area (Å²) in [6.45, 7) is 0. The zero-order chi connectivity index (χ0) is 22.3. The first-order valence-electron chi connectivity index (χ1n) is 10.5. The summed E-state index contributed by atoms with van der Waals surface area (Å²) in [5, 5.41) is 11.0. The fraction of sp³-hybridized carbons (Fsp3) is 0.304. The standard InChI is InChI=1S/C23H17N3O6/c27-20-16-8-7-15(26(31)32)10-17(16)21(28)24(20)13-3-5-14(6-4-13)25-22(29)18-11-1-2-12(9-11)19(18)23(25)30/h3-8,10-12,18-19H,1-2,9H2. The lowest BCUT2D eigenvalue weighted by Gasteiger charge is -2.19. The summed E-state index contributed by atoms with van der Waals surface area (Å²) in [7, 11) is 0. The molecule has 2 aliphatic carbocycles. The van der Waals surface area contributed by atoms with Crippen LogP contribution in [-0.2, 0) is 9.59 Å². The highest BCUT2D eigenvalue weighted by atomic mass is 16.6. The zero-order valence-corrected chi connectivity index (χ0v) is 16.8. The third kappa shape index (κ3) is 2.33. The average Bonchev–Trinajstić information content (AvgIpc) is 3.52. The van der Waals surface area contributed by atoms with Crippen LogP contribution in [0.25, 0.3) is 0 Å². The van der Waals surface area contributed by atoms with Gasteiger partial charge in [-0.1, -0.05) is 0 Å². The number of hydrogen-bond acceptors (Lipinski definition) is 6. The Morgan fingerprint density at radius 2 is 1.28 bits per heavy atom. The number of anilines is 2. The van der Waals surface area contributed by atoms with E-state index >= 15 is 0 Å². The molecule has 160 valence electrons. The van der Waals surface area contributed by atoms with Crippen molar-refractivity contribution >= 4 is 40.7 Å². The Bertz CT molecular complexity index is 1220.